The van der Waals surface area contributed by atoms with Crippen molar-refractivity contribution in [1.29, 1.82) is 0 Å². The lowest BCUT2D eigenvalue weighted by atomic mass is 9.95. The lowest BCUT2D eigenvalue weighted by molar-refractivity contribution is 0.0681. The second kappa shape index (κ2) is 6.62. The predicted molar refractivity (Wildman–Crippen MR) is 96.5 cm³/mol. The molecule has 0 spiro atoms. The molecule has 4 rings (SSSR count). The number of rotatable bonds is 4. The van der Waals surface area contributed by atoms with Gasteiger partial charge in [-0.05, 0) is 57.1 Å². The molecule has 3 heterocycles. The van der Waals surface area contributed by atoms with Gasteiger partial charge in [0.15, 0.2) is 0 Å². The van der Waals surface area contributed by atoms with Crippen molar-refractivity contribution in [3.05, 3.63) is 47.3 Å². The van der Waals surface area contributed by atoms with E-state index in [2.05, 4.69) is 21.5 Å². The number of carbonyl (C=O) groups excluding carboxylic acids is 1. The van der Waals surface area contributed by atoms with Crippen LogP contribution in [0.25, 0.3) is 0 Å². The van der Waals surface area contributed by atoms with Crippen molar-refractivity contribution in [2.75, 3.05) is 13.1 Å². The number of aryl methyl sites for hydroxylation is 2. The summed E-state index contributed by atoms with van der Waals surface area (Å²) in [4.78, 5) is 23.4. The van der Waals surface area contributed by atoms with Crippen molar-refractivity contribution in [2.45, 2.75) is 52.0 Å². The molecule has 0 radical (unpaired) electrons. The van der Waals surface area contributed by atoms with E-state index in [0.29, 0.717) is 11.8 Å². The summed E-state index contributed by atoms with van der Waals surface area (Å²) in [7, 11) is 0. The average molecular weight is 338 g/mol. The molecule has 0 atom stereocenters. The van der Waals surface area contributed by atoms with E-state index in [1.807, 2.05) is 24.1 Å². The quantitative estimate of drug-likeness (QED) is 0.859. The largest absolute Gasteiger partial charge is 0.339 e. The fourth-order valence-electron chi connectivity index (χ4n) is 3.82. The highest BCUT2D eigenvalue weighted by Gasteiger charge is 2.30. The smallest absolute Gasteiger partial charge is 0.255 e. The summed E-state index contributed by atoms with van der Waals surface area (Å²) in [6.07, 6.45) is 10.1. The zero-order valence-corrected chi connectivity index (χ0v) is 15.1. The molecule has 1 aliphatic carbocycles. The molecular formula is C20H26N4O. The van der Waals surface area contributed by atoms with Crippen LogP contribution in [0.15, 0.2) is 24.7 Å². The third-order valence-electron chi connectivity index (χ3n) is 5.64. The van der Waals surface area contributed by atoms with E-state index in [1.165, 1.54) is 24.4 Å². The summed E-state index contributed by atoms with van der Waals surface area (Å²) in [5, 5.41) is 0. The third-order valence-corrected chi connectivity index (χ3v) is 5.64. The Hall–Kier alpha value is -2.17. The lowest BCUT2D eigenvalue weighted by Gasteiger charge is -2.33. The molecule has 1 aliphatic heterocycles. The molecule has 5 heteroatoms. The van der Waals surface area contributed by atoms with Gasteiger partial charge in [0.1, 0.15) is 5.82 Å². The monoisotopic (exact) mass is 338 g/mol. The molecule has 2 aromatic rings. The SMILES string of the molecule is Cc1ccncc1C(=O)N1CCC(Cn2c(C)cnc2C2CC2)CC1. The highest BCUT2D eigenvalue weighted by molar-refractivity contribution is 5.95. The first-order chi connectivity index (χ1) is 12.1. The van der Waals surface area contributed by atoms with Gasteiger partial charge < -0.3 is 9.47 Å². The van der Waals surface area contributed by atoms with Crippen LogP contribution in [0.4, 0.5) is 0 Å². The molecule has 5 nitrogen and oxygen atoms in total. The summed E-state index contributed by atoms with van der Waals surface area (Å²) in [5.74, 6) is 2.72. The molecule has 0 unspecified atom stereocenters. The molecule has 0 N–H and O–H groups in total. The number of pyridine rings is 1. The number of amides is 1. The van der Waals surface area contributed by atoms with E-state index in [0.717, 1.165) is 43.6 Å². The van der Waals surface area contributed by atoms with Gasteiger partial charge in [0, 0.05) is 49.8 Å². The number of hydrogen-bond acceptors (Lipinski definition) is 3. The lowest BCUT2D eigenvalue weighted by Crippen LogP contribution is -2.39. The number of likely N-dealkylation sites (tertiary alicyclic amines) is 1. The second-order valence-corrected chi connectivity index (χ2v) is 7.57. The average Bonchev–Trinajstić information content (AvgIpc) is 3.41. The van der Waals surface area contributed by atoms with Crippen LogP contribution in [-0.2, 0) is 6.54 Å². The van der Waals surface area contributed by atoms with Crippen LogP contribution in [0.5, 0.6) is 0 Å². The Labute approximate surface area is 149 Å². The van der Waals surface area contributed by atoms with Crippen LogP contribution in [0, 0.1) is 19.8 Å². The van der Waals surface area contributed by atoms with Gasteiger partial charge in [0.25, 0.3) is 5.91 Å². The summed E-state index contributed by atoms with van der Waals surface area (Å²) in [6, 6.07) is 1.90. The Balaban J connectivity index is 1.38. The Morgan fingerprint density at radius 2 is 1.92 bits per heavy atom. The minimum absolute atomic E-state index is 0.126. The molecule has 1 amide bonds. The number of imidazole rings is 1. The fourth-order valence-corrected chi connectivity index (χ4v) is 3.82. The number of carbonyl (C=O) groups is 1. The normalized spacial score (nSPS) is 18.6. The topological polar surface area (TPSA) is 51.0 Å². The fraction of sp³-hybridized carbons (Fsp3) is 0.550. The van der Waals surface area contributed by atoms with Crippen LogP contribution < -0.4 is 0 Å². The van der Waals surface area contributed by atoms with Gasteiger partial charge in [-0.2, -0.15) is 0 Å². The van der Waals surface area contributed by atoms with Crippen molar-refractivity contribution < 1.29 is 4.79 Å². The Morgan fingerprint density at radius 3 is 2.60 bits per heavy atom. The van der Waals surface area contributed by atoms with Crippen LogP contribution in [0.1, 0.15) is 59.0 Å². The predicted octanol–water partition coefficient (Wildman–Crippen LogP) is 3.32. The number of aromatic nitrogens is 3. The van der Waals surface area contributed by atoms with Gasteiger partial charge in [0.05, 0.1) is 5.56 Å². The van der Waals surface area contributed by atoms with E-state index in [9.17, 15) is 4.79 Å². The summed E-state index contributed by atoms with van der Waals surface area (Å²) < 4.78 is 2.42. The van der Waals surface area contributed by atoms with Gasteiger partial charge in [0.2, 0.25) is 0 Å². The zero-order valence-electron chi connectivity index (χ0n) is 15.1. The number of hydrogen-bond donors (Lipinski definition) is 0. The van der Waals surface area contributed by atoms with Gasteiger partial charge in [-0.15, -0.1) is 0 Å². The first-order valence-corrected chi connectivity index (χ1v) is 9.35. The first kappa shape index (κ1) is 16.3. The summed E-state index contributed by atoms with van der Waals surface area (Å²) >= 11 is 0. The van der Waals surface area contributed by atoms with Gasteiger partial charge >= 0.3 is 0 Å². The molecule has 0 aromatic carbocycles. The van der Waals surface area contributed by atoms with E-state index >= 15 is 0 Å². The molecule has 1 saturated carbocycles. The molecule has 2 aromatic heterocycles. The highest BCUT2D eigenvalue weighted by Crippen LogP contribution is 2.40. The molecule has 2 fully saturated rings. The molecule has 2 aliphatic rings. The van der Waals surface area contributed by atoms with Gasteiger partial charge in [-0.1, -0.05) is 0 Å². The summed E-state index contributed by atoms with van der Waals surface area (Å²) in [6.45, 7) is 6.85. The minimum atomic E-state index is 0.126. The maximum atomic E-state index is 12.7. The molecule has 1 saturated heterocycles. The van der Waals surface area contributed by atoms with E-state index < -0.39 is 0 Å². The van der Waals surface area contributed by atoms with Crippen LogP contribution in [-0.4, -0.2) is 38.4 Å². The third kappa shape index (κ3) is 3.32. The van der Waals surface area contributed by atoms with E-state index in [-0.39, 0.29) is 5.91 Å². The van der Waals surface area contributed by atoms with E-state index in [1.54, 1.807) is 12.4 Å². The maximum absolute atomic E-state index is 12.7. The maximum Gasteiger partial charge on any atom is 0.255 e. The van der Waals surface area contributed by atoms with Gasteiger partial charge in [-0.3, -0.25) is 9.78 Å². The molecule has 0 bridgehead atoms. The van der Waals surface area contributed by atoms with Crippen molar-refractivity contribution in [3.63, 3.8) is 0 Å². The van der Waals surface area contributed by atoms with Crippen LogP contribution >= 0.6 is 0 Å². The first-order valence-electron chi connectivity index (χ1n) is 9.35. The minimum Gasteiger partial charge on any atom is -0.339 e. The van der Waals surface area contributed by atoms with Crippen molar-refractivity contribution in [2.24, 2.45) is 5.92 Å². The second-order valence-electron chi connectivity index (χ2n) is 7.57. The van der Waals surface area contributed by atoms with E-state index in [4.69, 9.17) is 0 Å². The standard InChI is InChI=1S/C20H26N4O/c1-14-5-8-21-12-18(14)20(25)23-9-6-16(7-10-23)13-24-15(2)11-22-19(24)17-3-4-17/h5,8,11-12,16-17H,3-4,6-7,9-10,13H2,1-2H3. The highest BCUT2D eigenvalue weighted by atomic mass is 16.2. The molecular weight excluding hydrogens is 312 g/mol. The van der Waals surface area contributed by atoms with Crippen molar-refractivity contribution in [1.82, 2.24) is 19.4 Å². The molecule has 132 valence electrons. The number of piperidine rings is 1. The molecule has 25 heavy (non-hydrogen) atoms. The Morgan fingerprint density at radius 1 is 1.16 bits per heavy atom. The van der Waals surface area contributed by atoms with Crippen LogP contribution in [0.3, 0.4) is 0 Å². The van der Waals surface area contributed by atoms with Crippen molar-refractivity contribution >= 4 is 5.91 Å². The zero-order chi connectivity index (χ0) is 17.4. The van der Waals surface area contributed by atoms with Crippen molar-refractivity contribution in [3.8, 4) is 0 Å². The Bertz CT molecular complexity index is 770. The van der Waals surface area contributed by atoms with Crippen LogP contribution in [0.2, 0.25) is 0 Å². The van der Waals surface area contributed by atoms with Gasteiger partial charge in [-0.25, -0.2) is 4.98 Å². The summed E-state index contributed by atoms with van der Waals surface area (Å²) in [5.41, 5.74) is 3.01. The number of nitrogens with zero attached hydrogens (tertiary/aromatic N) is 4. The Kier molecular flexibility index (Phi) is 4.32.